The van der Waals surface area contributed by atoms with Crippen LogP contribution >= 0.6 is 0 Å². The van der Waals surface area contributed by atoms with E-state index < -0.39 is 0 Å². The van der Waals surface area contributed by atoms with E-state index in [4.69, 9.17) is 0 Å². The molecular formula is C15H19N5O. The second kappa shape index (κ2) is 6.41. The van der Waals surface area contributed by atoms with Crippen LogP contribution in [-0.4, -0.2) is 46.9 Å². The summed E-state index contributed by atoms with van der Waals surface area (Å²) in [6.07, 6.45) is 3.71. The molecule has 0 bridgehead atoms. The molecule has 1 aliphatic heterocycles. The van der Waals surface area contributed by atoms with E-state index in [1.54, 1.807) is 6.20 Å². The molecule has 1 aliphatic rings. The van der Waals surface area contributed by atoms with Gasteiger partial charge in [-0.3, -0.25) is 0 Å². The van der Waals surface area contributed by atoms with E-state index >= 15 is 0 Å². The summed E-state index contributed by atoms with van der Waals surface area (Å²) >= 11 is 0. The Morgan fingerprint density at radius 1 is 1.29 bits per heavy atom. The topological polar surface area (TPSA) is 62.2 Å². The number of amides is 2. The Morgan fingerprint density at radius 2 is 2.19 bits per heavy atom. The lowest BCUT2D eigenvalue weighted by atomic mass is 10.2. The van der Waals surface area contributed by atoms with Crippen molar-refractivity contribution in [3.05, 3.63) is 48.3 Å². The minimum Gasteiger partial charge on any atom is -0.336 e. The molecule has 0 spiro atoms. The van der Waals surface area contributed by atoms with Crippen LogP contribution in [-0.2, 0) is 6.54 Å². The summed E-state index contributed by atoms with van der Waals surface area (Å²) < 4.78 is 1.87. The second-order valence-corrected chi connectivity index (χ2v) is 4.98. The van der Waals surface area contributed by atoms with Crippen molar-refractivity contribution in [1.29, 1.82) is 0 Å². The molecule has 110 valence electrons. The fourth-order valence-corrected chi connectivity index (χ4v) is 2.46. The average molecular weight is 285 g/mol. The number of nitrogens with one attached hydrogen (secondary N) is 2. The monoisotopic (exact) mass is 285 g/mol. The Kier molecular flexibility index (Phi) is 4.16. The smallest absolute Gasteiger partial charge is 0.317 e. The first kappa shape index (κ1) is 13.6. The summed E-state index contributed by atoms with van der Waals surface area (Å²) in [6.45, 7) is 3.81. The number of rotatable bonds is 6. The molecule has 2 aromatic rings. The van der Waals surface area contributed by atoms with Gasteiger partial charge in [-0.1, -0.05) is 18.2 Å². The zero-order valence-corrected chi connectivity index (χ0v) is 11.8. The molecule has 0 unspecified atom stereocenters. The third-order valence-electron chi connectivity index (χ3n) is 3.56. The highest BCUT2D eigenvalue weighted by Crippen LogP contribution is 2.12. The van der Waals surface area contributed by atoms with Gasteiger partial charge in [0.25, 0.3) is 0 Å². The molecule has 2 N–H and O–H groups in total. The molecular weight excluding hydrogens is 266 g/mol. The van der Waals surface area contributed by atoms with Crippen molar-refractivity contribution >= 4 is 6.03 Å². The van der Waals surface area contributed by atoms with Crippen LogP contribution in [0.4, 0.5) is 4.79 Å². The largest absolute Gasteiger partial charge is 0.336 e. The number of hydrogen-bond acceptors (Lipinski definition) is 3. The van der Waals surface area contributed by atoms with Crippen molar-refractivity contribution < 1.29 is 4.79 Å². The standard InChI is InChI=1S/C15H19N5O/c21-15-17-8-11-19(15)10-7-16-12-13-4-1-2-5-14(13)20-9-3-6-18-20/h1-6,9,16H,7-8,10-12H2,(H,17,21). The Balaban J connectivity index is 1.55. The fourth-order valence-electron chi connectivity index (χ4n) is 2.46. The number of benzene rings is 1. The van der Waals surface area contributed by atoms with Crippen LogP contribution in [0.25, 0.3) is 5.69 Å². The zero-order valence-electron chi connectivity index (χ0n) is 11.8. The SMILES string of the molecule is O=C1NCCN1CCNCc1ccccc1-n1cccn1. The van der Waals surface area contributed by atoms with Crippen LogP contribution in [0.3, 0.4) is 0 Å². The second-order valence-electron chi connectivity index (χ2n) is 4.98. The molecule has 2 amide bonds. The lowest BCUT2D eigenvalue weighted by molar-refractivity contribution is 0.217. The molecule has 1 fully saturated rings. The number of urea groups is 1. The molecule has 1 aromatic heterocycles. The molecule has 1 aromatic carbocycles. The maximum atomic E-state index is 11.4. The molecule has 6 heteroatoms. The number of para-hydroxylation sites is 1. The molecule has 0 saturated carbocycles. The van der Waals surface area contributed by atoms with Crippen LogP contribution in [0, 0.1) is 0 Å². The summed E-state index contributed by atoms with van der Waals surface area (Å²) in [4.78, 5) is 13.2. The number of nitrogens with zero attached hydrogens (tertiary/aromatic N) is 3. The van der Waals surface area contributed by atoms with Crippen LogP contribution in [0.2, 0.25) is 0 Å². The van der Waals surface area contributed by atoms with Gasteiger partial charge in [0.1, 0.15) is 0 Å². The molecule has 0 aliphatic carbocycles. The van der Waals surface area contributed by atoms with Gasteiger partial charge in [-0.15, -0.1) is 0 Å². The highest BCUT2D eigenvalue weighted by molar-refractivity contribution is 5.76. The number of carbonyl (C=O) groups excluding carboxylic acids is 1. The normalized spacial score (nSPS) is 14.5. The molecule has 2 heterocycles. The van der Waals surface area contributed by atoms with Crippen molar-refractivity contribution in [2.45, 2.75) is 6.54 Å². The lowest BCUT2D eigenvalue weighted by Crippen LogP contribution is -2.34. The highest BCUT2D eigenvalue weighted by Gasteiger charge is 2.18. The van der Waals surface area contributed by atoms with Gasteiger partial charge >= 0.3 is 6.03 Å². The first-order chi connectivity index (χ1) is 10.3. The molecule has 0 radical (unpaired) electrons. The van der Waals surface area contributed by atoms with Crippen molar-refractivity contribution in [3.63, 3.8) is 0 Å². The quantitative estimate of drug-likeness (QED) is 0.778. The summed E-state index contributed by atoms with van der Waals surface area (Å²) in [6, 6.07) is 10.1. The molecule has 6 nitrogen and oxygen atoms in total. The predicted octanol–water partition coefficient (Wildman–Crippen LogP) is 0.987. The van der Waals surface area contributed by atoms with Gasteiger partial charge in [0.2, 0.25) is 0 Å². The van der Waals surface area contributed by atoms with Gasteiger partial charge in [-0.05, 0) is 17.7 Å². The van der Waals surface area contributed by atoms with E-state index in [0.29, 0.717) is 0 Å². The van der Waals surface area contributed by atoms with E-state index in [0.717, 1.165) is 38.4 Å². The number of aromatic nitrogens is 2. The van der Waals surface area contributed by atoms with Gasteiger partial charge in [0, 0.05) is 45.1 Å². The number of carbonyl (C=O) groups is 1. The summed E-state index contributed by atoms with van der Waals surface area (Å²) in [7, 11) is 0. The predicted molar refractivity (Wildman–Crippen MR) is 80.2 cm³/mol. The van der Waals surface area contributed by atoms with Crippen LogP contribution < -0.4 is 10.6 Å². The Labute approximate surface area is 123 Å². The molecule has 1 saturated heterocycles. The van der Waals surface area contributed by atoms with Gasteiger partial charge in [-0.25, -0.2) is 9.48 Å². The zero-order chi connectivity index (χ0) is 14.5. The van der Waals surface area contributed by atoms with Gasteiger partial charge < -0.3 is 15.5 Å². The van der Waals surface area contributed by atoms with Gasteiger partial charge in [-0.2, -0.15) is 5.10 Å². The van der Waals surface area contributed by atoms with Crippen molar-refractivity contribution in [2.24, 2.45) is 0 Å². The average Bonchev–Trinajstić information content (AvgIpc) is 3.16. The van der Waals surface area contributed by atoms with E-state index in [-0.39, 0.29) is 6.03 Å². The Hall–Kier alpha value is -2.34. The minimum absolute atomic E-state index is 0.0359. The van der Waals surface area contributed by atoms with Crippen molar-refractivity contribution in [2.75, 3.05) is 26.2 Å². The fraction of sp³-hybridized carbons (Fsp3) is 0.333. The van der Waals surface area contributed by atoms with Gasteiger partial charge in [0.05, 0.1) is 5.69 Å². The summed E-state index contributed by atoms with van der Waals surface area (Å²) in [5.41, 5.74) is 2.26. The van der Waals surface area contributed by atoms with E-state index in [2.05, 4.69) is 27.9 Å². The summed E-state index contributed by atoms with van der Waals surface area (Å²) in [5.74, 6) is 0. The maximum absolute atomic E-state index is 11.4. The molecule has 0 atom stereocenters. The van der Waals surface area contributed by atoms with Crippen LogP contribution in [0.15, 0.2) is 42.7 Å². The van der Waals surface area contributed by atoms with E-state index in [1.165, 1.54) is 5.56 Å². The van der Waals surface area contributed by atoms with Gasteiger partial charge in [0.15, 0.2) is 0 Å². The first-order valence-electron chi connectivity index (χ1n) is 7.16. The van der Waals surface area contributed by atoms with Crippen molar-refractivity contribution in [1.82, 2.24) is 25.3 Å². The maximum Gasteiger partial charge on any atom is 0.317 e. The third kappa shape index (κ3) is 3.22. The Bertz CT molecular complexity index is 596. The minimum atomic E-state index is 0.0359. The first-order valence-corrected chi connectivity index (χ1v) is 7.16. The Morgan fingerprint density at radius 3 is 2.95 bits per heavy atom. The van der Waals surface area contributed by atoms with E-state index in [9.17, 15) is 4.79 Å². The van der Waals surface area contributed by atoms with E-state index in [1.807, 2.05) is 34.0 Å². The van der Waals surface area contributed by atoms with Crippen LogP contribution in [0.5, 0.6) is 0 Å². The molecule has 3 rings (SSSR count). The number of hydrogen-bond donors (Lipinski definition) is 2. The highest BCUT2D eigenvalue weighted by atomic mass is 16.2. The molecule has 21 heavy (non-hydrogen) atoms. The van der Waals surface area contributed by atoms with Crippen molar-refractivity contribution in [3.8, 4) is 5.69 Å². The summed E-state index contributed by atoms with van der Waals surface area (Å²) in [5, 5.41) is 10.5. The van der Waals surface area contributed by atoms with Crippen LogP contribution in [0.1, 0.15) is 5.56 Å². The lowest BCUT2D eigenvalue weighted by Gasteiger charge is -2.15. The third-order valence-corrected chi connectivity index (χ3v) is 3.56.